The molecule has 0 N–H and O–H groups in total. The van der Waals surface area contributed by atoms with Crippen molar-refractivity contribution in [2.45, 2.75) is 19.3 Å². The van der Waals surface area contributed by atoms with Crippen molar-refractivity contribution in [3.8, 4) is 33.4 Å². The summed E-state index contributed by atoms with van der Waals surface area (Å²) >= 11 is 1.90. The average Bonchev–Trinajstić information content (AvgIpc) is 3.73. The van der Waals surface area contributed by atoms with Crippen molar-refractivity contribution >= 4 is 70.1 Å². The van der Waals surface area contributed by atoms with E-state index in [0.29, 0.717) is 0 Å². The summed E-state index contributed by atoms with van der Waals surface area (Å²) in [6.45, 7) is 4.70. The van der Waals surface area contributed by atoms with Gasteiger partial charge in [0.1, 0.15) is 0 Å². The highest BCUT2D eigenvalue weighted by atomic mass is 32.1. The van der Waals surface area contributed by atoms with Crippen LogP contribution in [0, 0.1) is 0 Å². The minimum Gasteiger partial charge on any atom is -0.310 e. The van der Waals surface area contributed by atoms with Gasteiger partial charge in [0.15, 0.2) is 0 Å². The van der Waals surface area contributed by atoms with E-state index in [1.54, 1.807) is 0 Å². The Morgan fingerprint density at radius 2 is 1.05 bits per heavy atom. The van der Waals surface area contributed by atoms with E-state index in [4.69, 9.17) is 0 Å². The first-order valence-corrected chi connectivity index (χ1v) is 19.9. The van der Waals surface area contributed by atoms with Crippen molar-refractivity contribution in [2.75, 3.05) is 4.90 Å². The van der Waals surface area contributed by atoms with Crippen LogP contribution in [0.25, 0.3) is 75.1 Å². The Kier molecular flexibility index (Phi) is 7.14. The molecule has 0 aliphatic heterocycles. The van der Waals surface area contributed by atoms with Crippen LogP contribution in [-0.4, -0.2) is 0 Å². The molecule has 2 heteroatoms. The van der Waals surface area contributed by atoms with E-state index >= 15 is 0 Å². The van der Waals surface area contributed by atoms with E-state index in [2.05, 4.69) is 207 Å². The lowest BCUT2D eigenvalue weighted by molar-refractivity contribution is 0.660. The van der Waals surface area contributed by atoms with Crippen molar-refractivity contribution < 1.29 is 0 Å². The fourth-order valence-electron chi connectivity index (χ4n) is 9.07. The predicted octanol–water partition coefficient (Wildman–Crippen LogP) is 15.5. The van der Waals surface area contributed by atoms with Crippen LogP contribution >= 0.6 is 11.3 Å². The lowest BCUT2D eigenvalue weighted by atomic mass is 9.82. The highest BCUT2D eigenvalue weighted by Crippen LogP contribution is 2.51. The summed E-state index contributed by atoms with van der Waals surface area (Å²) < 4.78 is 2.68. The van der Waals surface area contributed by atoms with Gasteiger partial charge in [-0.3, -0.25) is 0 Å². The number of hydrogen-bond donors (Lipinski definition) is 0. The van der Waals surface area contributed by atoms with Gasteiger partial charge >= 0.3 is 0 Å². The van der Waals surface area contributed by atoms with Crippen LogP contribution in [-0.2, 0) is 5.41 Å². The van der Waals surface area contributed by atoms with Crippen LogP contribution in [0.5, 0.6) is 0 Å². The molecule has 0 amide bonds. The molecule has 0 bridgehead atoms. The molecule has 9 aromatic carbocycles. The van der Waals surface area contributed by atoms with E-state index in [1.165, 1.54) is 86.2 Å². The molecule has 55 heavy (non-hydrogen) atoms. The number of hydrogen-bond acceptors (Lipinski definition) is 2. The molecule has 0 spiro atoms. The normalized spacial score (nSPS) is 13.1. The second kappa shape index (κ2) is 12.3. The zero-order valence-electron chi connectivity index (χ0n) is 30.8. The predicted molar refractivity (Wildman–Crippen MR) is 237 cm³/mol. The monoisotopic (exact) mass is 719 g/mol. The first-order chi connectivity index (χ1) is 27.0. The molecule has 0 fully saturated rings. The molecule has 0 radical (unpaired) electrons. The van der Waals surface area contributed by atoms with Crippen LogP contribution in [0.15, 0.2) is 188 Å². The van der Waals surface area contributed by atoms with E-state index in [9.17, 15) is 0 Å². The maximum atomic E-state index is 2.43. The maximum absolute atomic E-state index is 2.43. The SMILES string of the molecule is CC1(C)c2ccccc2-c2cc(N(c3ccc(-c4cccc5ccc6c7ccccc7sc6c45)cc3)c3cccc(-c4ccc5ccccc5c4)c3)ccc21. The maximum Gasteiger partial charge on any atom is 0.0468 e. The molecule has 1 aromatic heterocycles. The first kappa shape index (κ1) is 32.0. The van der Waals surface area contributed by atoms with Crippen molar-refractivity contribution in [1.82, 2.24) is 0 Å². The minimum absolute atomic E-state index is 0.0504. The smallest absolute Gasteiger partial charge is 0.0468 e. The lowest BCUT2D eigenvalue weighted by Gasteiger charge is -2.28. The van der Waals surface area contributed by atoms with Gasteiger partial charge in [0.2, 0.25) is 0 Å². The summed E-state index contributed by atoms with van der Waals surface area (Å²) in [5.41, 5.74) is 13.6. The molecule has 0 atom stereocenters. The van der Waals surface area contributed by atoms with Gasteiger partial charge in [-0.2, -0.15) is 0 Å². The topological polar surface area (TPSA) is 3.24 Å². The zero-order valence-corrected chi connectivity index (χ0v) is 31.6. The van der Waals surface area contributed by atoms with Gasteiger partial charge in [0.05, 0.1) is 0 Å². The number of benzene rings is 9. The Morgan fingerprint density at radius 3 is 1.96 bits per heavy atom. The van der Waals surface area contributed by atoms with Crippen molar-refractivity contribution in [3.63, 3.8) is 0 Å². The summed E-state index contributed by atoms with van der Waals surface area (Å²) in [5.74, 6) is 0. The molecule has 1 nitrogen and oxygen atoms in total. The van der Waals surface area contributed by atoms with E-state index < -0.39 is 0 Å². The zero-order chi connectivity index (χ0) is 36.7. The molecule has 0 saturated heterocycles. The third-order valence-electron chi connectivity index (χ3n) is 11.8. The molecule has 1 aliphatic rings. The molecule has 10 aromatic rings. The third-order valence-corrected chi connectivity index (χ3v) is 13.0. The molecule has 0 unspecified atom stereocenters. The third kappa shape index (κ3) is 5.06. The molecule has 1 heterocycles. The van der Waals surface area contributed by atoms with E-state index in [0.717, 1.165) is 17.1 Å². The second-order valence-corrected chi connectivity index (χ2v) is 16.4. The molecule has 0 saturated carbocycles. The van der Waals surface area contributed by atoms with Crippen LogP contribution < -0.4 is 4.90 Å². The van der Waals surface area contributed by atoms with Gasteiger partial charge in [0, 0.05) is 48.0 Å². The van der Waals surface area contributed by atoms with Gasteiger partial charge in [-0.15, -0.1) is 11.3 Å². The van der Waals surface area contributed by atoms with Crippen LogP contribution in [0.1, 0.15) is 25.0 Å². The largest absolute Gasteiger partial charge is 0.310 e. The number of rotatable bonds is 5. The summed E-state index contributed by atoms with van der Waals surface area (Å²) in [6, 6.07) is 69.6. The Bertz CT molecular complexity index is 3130. The summed E-state index contributed by atoms with van der Waals surface area (Å²) in [4.78, 5) is 2.43. The van der Waals surface area contributed by atoms with Crippen LogP contribution in [0.3, 0.4) is 0 Å². The quantitative estimate of drug-likeness (QED) is 0.171. The van der Waals surface area contributed by atoms with Crippen molar-refractivity contribution in [2.24, 2.45) is 0 Å². The van der Waals surface area contributed by atoms with Crippen molar-refractivity contribution in [1.29, 1.82) is 0 Å². The number of fused-ring (bicyclic) bond motifs is 9. The highest BCUT2D eigenvalue weighted by Gasteiger charge is 2.35. The van der Waals surface area contributed by atoms with Gasteiger partial charge in [-0.1, -0.05) is 153 Å². The molecular weight excluding hydrogens is 683 g/mol. The summed E-state index contributed by atoms with van der Waals surface area (Å²) in [5, 5.41) is 7.76. The number of anilines is 3. The fourth-order valence-corrected chi connectivity index (χ4v) is 10.3. The standard InChI is InChI=1S/C53H37NS/c1-53(2)48-19-7-5-16-44(48)47-33-42(28-30-49(47)53)54(41-15-9-14-38(32-41)39-22-21-34-11-3-4-12-37(34)31-39)40-26-23-35(24-27-40)43-18-10-13-36-25-29-46-45-17-6-8-20-50(45)55-52(46)51(36)43/h3-33H,1-2H3. The summed E-state index contributed by atoms with van der Waals surface area (Å²) in [6.07, 6.45) is 0. The summed E-state index contributed by atoms with van der Waals surface area (Å²) in [7, 11) is 0. The number of nitrogens with zero attached hydrogens (tertiary/aromatic N) is 1. The Balaban J connectivity index is 1.07. The average molecular weight is 720 g/mol. The van der Waals surface area contributed by atoms with E-state index in [-0.39, 0.29) is 5.41 Å². The fraction of sp³-hybridized carbons (Fsp3) is 0.0566. The Hall–Kier alpha value is -6.48. The second-order valence-electron chi connectivity index (χ2n) is 15.3. The Morgan fingerprint density at radius 1 is 0.400 bits per heavy atom. The van der Waals surface area contributed by atoms with Gasteiger partial charge in [0.25, 0.3) is 0 Å². The number of thiophene rings is 1. The minimum atomic E-state index is -0.0504. The Labute approximate surface area is 325 Å². The van der Waals surface area contributed by atoms with Crippen LogP contribution in [0.4, 0.5) is 17.1 Å². The lowest BCUT2D eigenvalue weighted by Crippen LogP contribution is -2.15. The molecule has 260 valence electrons. The molecule has 11 rings (SSSR count). The van der Waals surface area contributed by atoms with Crippen LogP contribution in [0.2, 0.25) is 0 Å². The van der Waals surface area contributed by atoms with Crippen molar-refractivity contribution in [3.05, 3.63) is 199 Å². The molecular formula is C53H37NS. The van der Waals surface area contributed by atoms with Gasteiger partial charge < -0.3 is 4.90 Å². The highest BCUT2D eigenvalue weighted by molar-refractivity contribution is 7.26. The van der Waals surface area contributed by atoms with E-state index in [1.807, 2.05) is 11.3 Å². The van der Waals surface area contributed by atoms with Gasteiger partial charge in [-0.25, -0.2) is 0 Å². The molecule has 1 aliphatic carbocycles. The first-order valence-electron chi connectivity index (χ1n) is 19.1. The van der Waals surface area contributed by atoms with Gasteiger partial charge in [-0.05, 0) is 109 Å².